The van der Waals surface area contributed by atoms with E-state index >= 15 is 0 Å². The zero-order chi connectivity index (χ0) is 13.0. The molecule has 1 atom stereocenters. The van der Waals surface area contributed by atoms with Crippen molar-refractivity contribution in [2.75, 3.05) is 31.2 Å². The highest BCUT2D eigenvalue weighted by atomic mass is 16.5. The van der Waals surface area contributed by atoms with Gasteiger partial charge < -0.3 is 19.8 Å². The topological polar surface area (TPSA) is 70.0 Å². The average molecular weight is 251 g/mol. The number of aliphatic hydroxyl groups is 1. The Morgan fingerprint density at radius 1 is 1.28 bits per heavy atom. The van der Waals surface area contributed by atoms with E-state index in [1.807, 2.05) is 24.3 Å². The van der Waals surface area contributed by atoms with Crippen LogP contribution < -0.4 is 4.90 Å². The van der Waals surface area contributed by atoms with Crippen molar-refractivity contribution in [1.82, 2.24) is 0 Å². The SMILES string of the molecule is O=C(O)C(O)Cc1ccc(N2CCOCC2)cc1. The number of rotatable bonds is 4. The van der Waals surface area contributed by atoms with Crippen molar-refractivity contribution in [3.8, 4) is 0 Å². The minimum Gasteiger partial charge on any atom is -0.479 e. The van der Waals surface area contributed by atoms with Crippen molar-refractivity contribution in [2.45, 2.75) is 12.5 Å². The van der Waals surface area contributed by atoms with Gasteiger partial charge in [0.2, 0.25) is 0 Å². The molecule has 2 rings (SSSR count). The Morgan fingerprint density at radius 2 is 1.89 bits per heavy atom. The Hall–Kier alpha value is -1.59. The summed E-state index contributed by atoms with van der Waals surface area (Å²) in [7, 11) is 0. The predicted octanol–water partition coefficient (Wildman–Crippen LogP) is 0.511. The number of carboxylic acids is 1. The number of carbonyl (C=O) groups is 1. The highest BCUT2D eigenvalue weighted by molar-refractivity contribution is 5.72. The van der Waals surface area contributed by atoms with Crippen LogP contribution >= 0.6 is 0 Å². The lowest BCUT2D eigenvalue weighted by Crippen LogP contribution is -2.36. The molecule has 5 nitrogen and oxygen atoms in total. The summed E-state index contributed by atoms with van der Waals surface area (Å²) in [5.41, 5.74) is 1.92. The van der Waals surface area contributed by atoms with Crippen molar-refractivity contribution >= 4 is 11.7 Å². The zero-order valence-electron chi connectivity index (χ0n) is 10.1. The lowest BCUT2D eigenvalue weighted by Gasteiger charge is -2.28. The number of ether oxygens (including phenoxy) is 1. The average Bonchev–Trinajstić information content (AvgIpc) is 2.40. The molecule has 1 aliphatic rings. The van der Waals surface area contributed by atoms with E-state index in [9.17, 15) is 9.90 Å². The summed E-state index contributed by atoms with van der Waals surface area (Å²) in [5, 5.41) is 17.9. The Bertz CT molecular complexity index is 398. The smallest absolute Gasteiger partial charge is 0.332 e. The van der Waals surface area contributed by atoms with Gasteiger partial charge in [-0.3, -0.25) is 0 Å². The van der Waals surface area contributed by atoms with Crippen molar-refractivity contribution in [1.29, 1.82) is 0 Å². The second kappa shape index (κ2) is 5.84. The number of aliphatic hydroxyl groups excluding tert-OH is 1. The van der Waals surface area contributed by atoms with Gasteiger partial charge in [0.25, 0.3) is 0 Å². The first-order valence-electron chi connectivity index (χ1n) is 5.99. The summed E-state index contributed by atoms with van der Waals surface area (Å²) in [6.07, 6.45) is -1.20. The Labute approximate surface area is 106 Å². The van der Waals surface area contributed by atoms with Crippen LogP contribution in [0, 0.1) is 0 Å². The molecule has 1 heterocycles. The molecular weight excluding hydrogens is 234 g/mol. The maximum Gasteiger partial charge on any atom is 0.332 e. The van der Waals surface area contributed by atoms with E-state index in [1.54, 1.807) is 0 Å². The normalized spacial score (nSPS) is 17.5. The Morgan fingerprint density at radius 3 is 2.44 bits per heavy atom. The first-order valence-corrected chi connectivity index (χ1v) is 5.99. The molecule has 1 saturated heterocycles. The molecule has 1 aliphatic heterocycles. The number of aliphatic carboxylic acids is 1. The second-order valence-corrected chi connectivity index (χ2v) is 4.32. The van der Waals surface area contributed by atoms with Gasteiger partial charge in [0.05, 0.1) is 13.2 Å². The summed E-state index contributed by atoms with van der Waals surface area (Å²) in [6, 6.07) is 7.62. The highest BCUT2D eigenvalue weighted by Gasteiger charge is 2.14. The zero-order valence-corrected chi connectivity index (χ0v) is 10.1. The quantitative estimate of drug-likeness (QED) is 0.816. The second-order valence-electron chi connectivity index (χ2n) is 4.32. The van der Waals surface area contributed by atoms with Gasteiger partial charge in [-0.15, -0.1) is 0 Å². The number of morpholine rings is 1. The van der Waals surface area contributed by atoms with E-state index in [1.165, 1.54) is 0 Å². The van der Waals surface area contributed by atoms with Crippen LogP contribution in [0.3, 0.4) is 0 Å². The van der Waals surface area contributed by atoms with Crippen molar-refractivity contribution in [3.05, 3.63) is 29.8 Å². The van der Waals surface area contributed by atoms with Crippen LogP contribution in [0.2, 0.25) is 0 Å². The van der Waals surface area contributed by atoms with Crippen molar-refractivity contribution in [2.24, 2.45) is 0 Å². The first-order chi connectivity index (χ1) is 8.66. The first kappa shape index (κ1) is 12.9. The van der Waals surface area contributed by atoms with Crippen LogP contribution in [0.1, 0.15) is 5.56 Å². The van der Waals surface area contributed by atoms with E-state index in [-0.39, 0.29) is 6.42 Å². The summed E-state index contributed by atoms with van der Waals surface area (Å²) in [6.45, 7) is 3.22. The predicted molar refractivity (Wildman–Crippen MR) is 66.8 cm³/mol. The fourth-order valence-corrected chi connectivity index (χ4v) is 1.97. The molecule has 0 aliphatic carbocycles. The fraction of sp³-hybridized carbons (Fsp3) is 0.462. The molecule has 0 aromatic heterocycles. The summed E-state index contributed by atoms with van der Waals surface area (Å²) in [4.78, 5) is 12.8. The van der Waals surface area contributed by atoms with Gasteiger partial charge in [0.1, 0.15) is 0 Å². The van der Waals surface area contributed by atoms with Crippen LogP contribution in [-0.2, 0) is 16.0 Å². The molecular formula is C13H17NO4. The third-order valence-electron chi connectivity index (χ3n) is 3.03. The number of nitrogens with zero attached hydrogens (tertiary/aromatic N) is 1. The molecule has 5 heteroatoms. The number of carboxylic acid groups (broad SMARTS) is 1. The monoisotopic (exact) mass is 251 g/mol. The van der Waals surface area contributed by atoms with Gasteiger partial charge in [-0.05, 0) is 17.7 Å². The van der Waals surface area contributed by atoms with Gasteiger partial charge >= 0.3 is 5.97 Å². The molecule has 1 unspecified atom stereocenters. The van der Waals surface area contributed by atoms with E-state index in [0.29, 0.717) is 0 Å². The summed E-state index contributed by atoms with van der Waals surface area (Å²) >= 11 is 0. The minimum absolute atomic E-state index is 0.138. The van der Waals surface area contributed by atoms with Gasteiger partial charge in [-0.1, -0.05) is 12.1 Å². The maximum atomic E-state index is 10.5. The Balaban J connectivity index is 1.98. The van der Waals surface area contributed by atoms with E-state index in [2.05, 4.69) is 4.90 Å². The van der Waals surface area contributed by atoms with Gasteiger partial charge in [-0.25, -0.2) is 4.79 Å². The standard InChI is InChI=1S/C13H17NO4/c15-12(13(16)17)9-10-1-3-11(4-2-10)14-5-7-18-8-6-14/h1-4,12,15H,5-9H2,(H,16,17). The third-order valence-corrected chi connectivity index (χ3v) is 3.03. The number of anilines is 1. The van der Waals surface area contributed by atoms with Gasteiger partial charge in [-0.2, -0.15) is 0 Å². The van der Waals surface area contributed by atoms with Gasteiger partial charge in [0, 0.05) is 25.2 Å². The molecule has 18 heavy (non-hydrogen) atoms. The maximum absolute atomic E-state index is 10.5. The lowest BCUT2D eigenvalue weighted by molar-refractivity contribution is -0.146. The third kappa shape index (κ3) is 3.21. The van der Waals surface area contributed by atoms with Crippen LogP contribution in [0.4, 0.5) is 5.69 Å². The van der Waals surface area contributed by atoms with Crippen LogP contribution in [0.5, 0.6) is 0 Å². The Kier molecular flexibility index (Phi) is 4.17. The van der Waals surface area contributed by atoms with Crippen LogP contribution in [-0.4, -0.2) is 48.6 Å². The molecule has 0 saturated carbocycles. The number of benzene rings is 1. The molecule has 0 spiro atoms. The van der Waals surface area contributed by atoms with Gasteiger partial charge in [0.15, 0.2) is 6.10 Å². The molecule has 0 bridgehead atoms. The lowest BCUT2D eigenvalue weighted by atomic mass is 10.1. The van der Waals surface area contributed by atoms with Crippen molar-refractivity contribution < 1.29 is 19.7 Å². The van der Waals surface area contributed by atoms with E-state index < -0.39 is 12.1 Å². The van der Waals surface area contributed by atoms with Crippen LogP contribution in [0.15, 0.2) is 24.3 Å². The molecule has 98 valence electrons. The summed E-state index contributed by atoms with van der Waals surface area (Å²) in [5.74, 6) is -1.19. The van der Waals surface area contributed by atoms with E-state index in [0.717, 1.165) is 37.6 Å². The number of hydrogen-bond acceptors (Lipinski definition) is 4. The number of hydrogen-bond donors (Lipinski definition) is 2. The van der Waals surface area contributed by atoms with Crippen molar-refractivity contribution in [3.63, 3.8) is 0 Å². The summed E-state index contributed by atoms with van der Waals surface area (Å²) < 4.78 is 5.28. The van der Waals surface area contributed by atoms with E-state index in [4.69, 9.17) is 9.84 Å². The molecule has 0 radical (unpaired) electrons. The molecule has 2 N–H and O–H groups in total. The molecule has 1 aromatic rings. The van der Waals surface area contributed by atoms with Crippen LogP contribution in [0.25, 0.3) is 0 Å². The molecule has 1 aromatic carbocycles. The fourth-order valence-electron chi connectivity index (χ4n) is 1.97. The minimum atomic E-state index is -1.33. The molecule has 1 fully saturated rings. The highest BCUT2D eigenvalue weighted by Crippen LogP contribution is 2.17. The molecule has 0 amide bonds. The largest absolute Gasteiger partial charge is 0.479 e.